The van der Waals surface area contributed by atoms with Crippen LogP contribution >= 0.6 is 11.6 Å². The minimum atomic E-state index is -4.32. The molecule has 6 nitrogen and oxygen atoms in total. The van der Waals surface area contributed by atoms with Crippen LogP contribution in [0.2, 0.25) is 5.02 Å². The molecule has 0 saturated carbocycles. The molecule has 0 unspecified atom stereocenters. The molecule has 0 heterocycles. The number of nitrogens with zero attached hydrogens (tertiary/aromatic N) is 1. The Labute approximate surface area is 126 Å². The Balaban J connectivity index is 3.54. The van der Waals surface area contributed by atoms with Crippen molar-refractivity contribution in [2.75, 3.05) is 13.2 Å². The Bertz CT molecular complexity index is 647. The second-order valence-corrected chi connectivity index (χ2v) is 6.80. The van der Waals surface area contributed by atoms with Gasteiger partial charge in [-0.1, -0.05) is 11.6 Å². The molecule has 0 spiro atoms. The van der Waals surface area contributed by atoms with Gasteiger partial charge in [-0.3, -0.25) is 0 Å². The molecule has 0 bridgehead atoms. The quantitative estimate of drug-likeness (QED) is 0.820. The largest absolute Gasteiger partial charge is 0.478 e. The predicted molar refractivity (Wildman–Crippen MR) is 74.5 cm³/mol. The van der Waals surface area contributed by atoms with Gasteiger partial charge in [0.25, 0.3) is 0 Å². The van der Waals surface area contributed by atoms with Gasteiger partial charge in [0.2, 0.25) is 10.0 Å². The number of benzene rings is 1. The van der Waals surface area contributed by atoms with E-state index < -0.39 is 44.9 Å². The molecule has 1 rings (SSSR count). The Morgan fingerprint density at radius 2 is 2.00 bits per heavy atom. The summed E-state index contributed by atoms with van der Waals surface area (Å²) in [6, 6.07) is 1.14. The molecule has 1 aromatic rings. The third-order valence-corrected chi connectivity index (χ3v) is 5.01. The minimum Gasteiger partial charge on any atom is -0.478 e. The summed E-state index contributed by atoms with van der Waals surface area (Å²) in [5.74, 6) is -3.00. The van der Waals surface area contributed by atoms with Gasteiger partial charge in [-0.2, -0.15) is 4.31 Å². The summed E-state index contributed by atoms with van der Waals surface area (Å²) in [4.78, 5) is 10.1. The van der Waals surface area contributed by atoms with E-state index in [-0.39, 0.29) is 11.6 Å². The van der Waals surface area contributed by atoms with Crippen LogP contribution < -0.4 is 0 Å². The fraction of sp³-hybridized carbons (Fsp3) is 0.417. The smallest absolute Gasteiger partial charge is 0.338 e. The number of carbonyl (C=O) groups is 1. The van der Waals surface area contributed by atoms with Crippen LogP contribution in [-0.4, -0.2) is 48.1 Å². The molecule has 0 saturated heterocycles. The van der Waals surface area contributed by atoms with Crippen LogP contribution in [0.3, 0.4) is 0 Å². The monoisotopic (exact) mass is 339 g/mol. The number of hydrogen-bond donors (Lipinski definition) is 2. The van der Waals surface area contributed by atoms with Gasteiger partial charge >= 0.3 is 5.97 Å². The van der Waals surface area contributed by atoms with Gasteiger partial charge in [0.1, 0.15) is 4.90 Å². The van der Waals surface area contributed by atoms with Crippen molar-refractivity contribution in [2.24, 2.45) is 0 Å². The SMILES string of the molecule is CC(C)N(CCO)S(=O)(=O)c1cc(Cl)cc(C(=O)O)c1F. The third-order valence-electron chi connectivity index (χ3n) is 2.72. The van der Waals surface area contributed by atoms with Crippen molar-refractivity contribution in [2.45, 2.75) is 24.8 Å². The summed E-state index contributed by atoms with van der Waals surface area (Å²) in [5.41, 5.74) is -0.825. The molecule has 0 amide bonds. The lowest BCUT2D eigenvalue weighted by molar-refractivity contribution is 0.0691. The molecule has 1 aromatic carbocycles. The number of hydrogen-bond acceptors (Lipinski definition) is 4. The van der Waals surface area contributed by atoms with Crippen molar-refractivity contribution < 1.29 is 27.8 Å². The molecule has 0 atom stereocenters. The summed E-state index contributed by atoms with van der Waals surface area (Å²) < 4.78 is 39.9. The van der Waals surface area contributed by atoms with E-state index in [1.54, 1.807) is 13.8 Å². The van der Waals surface area contributed by atoms with E-state index in [1.807, 2.05) is 0 Å². The summed E-state index contributed by atoms with van der Waals surface area (Å²) in [7, 11) is -4.32. The van der Waals surface area contributed by atoms with Crippen LogP contribution in [0.25, 0.3) is 0 Å². The highest BCUT2D eigenvalue weighted by Crippen LogP contribution is 2.27. The third kappa shape index (κ3) is 3.70. The second kappa shape index (κ2) is 6.69. The number of carboxylic acid groups (broad SMARTS) is 1. The predicted octanol–water partition coefficient (Wildman–Crippen LogP) is 1.57. The topological polar surface area (TPSA) is 94.9 Å². The van der Waals surface area contributed by atoms with Crippen molar-refractivity contribution in [3.63, 3.8) is 0 Å². The average molecular weight is 340 g/mol. The standard InChI is InChI=1S/C12H15ClFNO5S/c1-7(2)15(3-4-16)21(19,20)10-6-8(13)5-9(11(10)14)12(17)18/h5-7,16H,3-4H2,1-2H3,(H,17,18). The van der Waals surface area contributed by atoms with Crippen LogP contribution in [0, 0.1) is 5.82 Å². The zero-order chi connectivity index (χ0) is 16.4. The lowest BCUT2D eigenvalue weighted by atomic mass is 10.2. The molecule has 0 aromatic heterocycles. The van der Waals surface area contributed by atoms with Gasteiger partial charge in [-0.25, -0.2) is 17.6 Å². The first-order valence-electron chi connectivity index (χ1n) is 5.98. The fourth-order valence-corrected chi connectivity index (χ4v) is 3.81. The maximum absolute atomic E-state index is 14.2. The van der Waals surface area contributed by atoms with Crippen molar-refractivity contribution in [1.29, 1.82) is 0 Å². The van der Waals surface area contributed by atoms with Gasteiger partial charge in [-0.05, 0) is 26.0 Å². The Morgan fingerprint density at radius 3 is 2.43 bits per heavy atom. The molecule has 0 radical (unpaired) electrons. The van der Waals surface area contributed by atoms with E-state index >= 15 is 0 Å². The molecular weight excluding hydrogens is 325 g/mol. The number of halogens is 2. The second-order valence-electron chi connectivity index (χ2n) is 4.50. The van der Waals surface area contributed by atoms with Crippen molar-refractivity contribution in [1.82, 2.24) is 4.31 Å². The van der Waals surface area contributed by atoms with E-state index in [2.05, 4.69) is 0 Å². The van der Waals surface area contributed by atoms with Crippen LogP contribution in [0.5, 0.6) is 0 Å². The molecule has 118 valence electrons. The van der Waals surface area contributed by atoms with Gasteiger partial charge in [0, 0.05) is 17.6 Å². The number of aromatic carboxylic acids is 1. The van der Waals surface area contributed by atoms with E-state index in [0.29, 0.717) is 0 Å². The van der Waals surface area contributed by atoms with Crippen LogP contribution in [0.15, 0.2) is 17.0 Å². The zero-order valence-corrected chi connectivity index (χ0v) is 12.9. The van der Waals surface area contributed by atoms with Crippen molar-refractivity contribution in [3.05, 3.63) is 28.5 Å². The zero-order valence-electron chi connectivity index (χ0n) is 11.4. The first-order chi connectivity index (χ1) is 9.62. The fourth-order valence-electron chi connectivity index (χ4n) is 1.79. The lowest BCUT2D eigenvalue weighted by Gasteiger charge is -2.25. The summed E-state index contributed by atoms with van der Waals surface area (Å²) in [6.45, 7) is 2.40. The van der Waals surface area contributed by atoms with Crippen LogP contribution in [0.1, 0.15) is 24.2 Å². The number of rotatable bonds is 6. The van der Waals surface area contributed by atoms with E-state index in [0.717, 1.165) is 16.4 Å². The number of sulfonamides is 1. The molecular formula is C12H15ClFNO5S. The summed E-state index contributed by atoms with van der Waals surface area (Å²) >= 11 is 5.67. The normalized spacial score (nSPS) is 12.1. The molecule has 21 heavy (non-hydrogen) atoms. The molecule has 2 N–H and O–H groups in total. The molecule has 0 aliphatic heterocycles. The van der Waals surface area contributed by atoms with Crippen molar-refractivity contribution >= 4 is 27.6 Å². The maximum Gasteiger partial charge on any atom is 0.338 e. The average Bonchev–Trinajstić information content (AvgIpc) is 2.37. The highest BCUT2D eigenvalue weighted by Gasteiger charge is 2.31. The van der Waals surface area contributed by atoms with E-state index in [4.69, 9.17) is 21.8 Å². The van der Waals surface area contributed by atoms with Gasteiger partial charge in [-0.15, -0.1) is 0 Å². The minimum absolute atomic E-state index is 0.208. The Hall–Kier alpha value is -1.22. The maximum atomic E-state index is 14.2. The number of carboxylic acids is 1. The van der Waals surface area contributed by atoms with Gasteiger partial charge in [0.05, 0.1) is 12.2 Å². The number of aliphatic hydroxyl groups is 1. The molecule has 9 heteroatoms. The summed E-state index contributed by atoms with van der Waals surface area (Å²) in [5, 5.41) is 17.6. The highest BCUT2D eigenvalue weighted by molar-refractivity contribution is 7.89. The van der Waals surface area contributed by atoms with Gasteiger partial charge in [0.15, 0.2) is 5.82 Å². The van der Waals surface area contributed by atoms with E-state index in [9.17, 15) is 17.6 Å². The molecule has 0 aliphatic carbocycles. The van der Waals surface area contributed by atoms with E-state index in [1.165, 1.54) is 0 Å². The van der Waals surface area contributed by atoms with Crippen LogP contribution in [-0.2, 0) is 10.0 Å². The molecule has 0 fully saturated rings. The first-order valence-corrected chi connectivity index (χ1v) is 7.79. The first kappa shape index (κ1) is 17.8. The van der Waals surface area contributed by atoms with Crippen LogP contribution in [0.4, 0.5) is 4.39 Å². The van der Waals surface area contributed by atoms with Gasteiger partial charge < -0.3 is 10.2 Å². The Kier molecular flexibility index (Phi) is 5.68. The number of aliphatic hydroxyl groups excluding tert-OH is 1. The summed E-state index contributed by atoms with van der Waals surface area (Å²) in [6.07, 6.45) is 0. The Morgan fingerprint density at radius 1 is 1.43 bits per heavy atom. The highest BCUT2D eigenvalue weighted by atomic mass is 35.5. The lowest BCUT2D eigenvalue weighted by Crippen LogP contribution is -2.39. The van der Waals surface area contributed by atoms with Crippen molar-refractivity contribution in [3.8, 4) is 0 Å². The molecule has 0 aliphatic rings.